The summed E-state index contributed by atoms with van der Waals surface area (Å²) < 4.78 is 10.3. The molecule has 0 amide bonds. The molecule has 0 aliphatic heterocycles. The molecule has 2 N–H and O–H groups in total. The molecule has 0 heterocycles. The second-order valence-electron chi connectivity index (χ2n) is 3.01. The van der Waals surface area contributed by atoms with Crippen molar-refractivity contribution in [3.05, 3.63) is 20.9 Å². The molecule has 93 valence electrons. The maximum atomic E-state index is 5.73. The zero-order valence-electron chi connectivity index (χ0n) is 10.3. The van der Waals surface area contributed by atoms with Crippen LogP contribution >= 0.6 is 0 Å². The van der Waals surface area contributed by atoms with E-state index < -0.39 is 0 Å². The van der Waals surface area contributed by atoms with Gasteiger partial charge in [-0.2, -0.15) is 5.82 Å². The van der Waals surface area contributed by atoms with E-state index in [2.05, 4.69) is 12.8 Å². The molecule has 1 aliphatic rings. The first kappa shape index (κ1) is 25.9. The van der Waals surface area contributed by atoms with E-state index in [1.807, 2.05) is 6.42 Å². The average molecular weight is 433 g/mol. The van der Waals surface area contributed by atoms with E-state index in [4.69, 9.17) is 17.3 Å². The first-order chi connectivity index (χ1) is 6.27. The zero-order valence-corrected chi connectivity index (χ0v) is 14.6. The summed E-state index contributed by atoms with van der Waals surface area (Å²) in [6, 6.07) is 0. The van der Waals surface area contributed by atoms with E-state index in [0.717, 1.165) is 13.0 Å². The minimum absolute atomic E-state index is 0. The average Bonchev–Trinajstić information content (AvgIpc) is 2.50. The number of hydrogen-bond acceptors (Lipinski definition) is 3. The Morgan fingerprint density at radius 2 is 1.94 bits per heavy atom. The van der Waals surface area contributed by atoms with Gasteiger partial charge in [-0.25, -0.2) is 0 Å². The van der Waals surface area contributed by atoms with Gasteiger partial charge in [-0.05, 0) is 5.92 Å². The molecule has 3 nitrogen and oxygen atoms in total. The van der Waals surface area contributed by atoms with Crippen LogP contribution in [0, 0.1) is 26.8 Å². The van der Waals surface area contributed by atoms with E-state index in [0.29, 0.717) is 5.92 Å². The molecule has 16 heavy (non-hydrogen) atoms. The van der Waals surface area contributed by atoms with Crippen molar-refractivity contribution in [2.45, 2.75) is 18.3 Å². The molecule has 1 fully saturated rings. The van der Waals surface area contributed by atoms with Crippen molar-refractivity contribution in [1.82, 2.24) is 0 Å². The Labute approximate surface area is 128 Å². The third kappa shape index (κ3) is 9.27. The molecule has 3 radical (unpaired) electrons. The predicted molar refractivity (Wildman–Crippen MR) is 60.5 cm³/mol. The second kappa shape index (κ2) is 16.2. The molecular weight excluding hydrogens is 412 g/mol. The molecule has 1 saturated carbocycles. The quantitative estimate of drug-likeness (QED) is 0.535. The van der Waals surface area contributed by atoms with Gasteiger partial charge in [0.2, 0.25) is 0 Å². The van der Waals surface area contributed by atoms with Gasteiger partial charge >= 0.3 is 18.6 Å². The summed E-state index contributed by atoms with van der Waals surface area (Å²) in [5, 5.41) is 0. The maximum absolute atomic E-state index is 5.73. The number of ether oxygens (including phenoxy) is 2. The molecule has 0 aromatic rings. The topological polar surface area (TPSA) is 44.5 Å². The Kier molecular flexibility index (Phi) is 26.3. The van der Waals surface area contributed by atoms with Gasteiger partial charge < -0.3 is 29.1 Å². The SMILES string of the molecule is [B][C@H]1[CH-][C@H](OC)[C@@H](COC)C1.[CH2-]N.[CH3-].[V+2].[W]. The fourth-order valence-electron chi connectivity index (χ4n) is 1.61. The first-order valence-electron chi connectivity index (χ1n) is 4.31. The normalized spacial score (nSPS) is 26.4. The van der Waals surface area contributed by atoms with Crippen molar-refractivity contribution in [2.24, 2.45) is 11.7 Å². The summed E-state index contributed by atoms with van der Waals surface area (Å²) in [5.41, 5.74) is 4.25. The largest absolute Gasteiger partial charge is 2.00 e. The minimum atomic E-state index is 0. The number of rotatable bonds is 3. The van der Waals surface area contributed by atoms with Crippen LogP contribution in [0.5, 0.6) is 0 Å². The monoisotopic (exact) mass is 433 g/mol. The third-order valence-corrected chi connectivity index (χ3v) is 2.13. The van der Waals surface area contributed by atoms with Gasteiger partial charge in [0.25, 0.3) is 0 Å². The van der Waals surface area contributed by atoms with E-state index in [1.165, 1.54) is 0 Å². The van der Waals surface area contributed by atoms with Gasteiger partial charge in [0, 0.05) is 49.7 Å². The summed E-state index contributed by atoms with van der Waals surface area (Å²) in [7, 11) is 11.9. The fourth-order valence-corrected chi connectivity index (χ4v) is 1.61. The Morgan fingerprint density at radius 3 is 2.31 bits per heavy atom. The van der Waals surface area contributed by atoms with Crippen LogP contribution in [0.15, 0.2) is 0 Å². The maximum Gasteiger partial charge on any atom is 2.00 e. The number of hydrogen-bond donors (Lipinski definition) is 1. The predicted octanol–water partition coefficient (Wildman–Crippen LogP) is 1.01. The van der Waals surface area contributed by atoms with Crippen molar-refractivity contribution in [3.63, 3.8) is 0 Å². The summed E-state index contributed by atoms with van der Waals surface area (Å²) >= 11 is 0. The van der Waals surface area contributed by atoms with Crippen LogP contribution in [0.1, 0.15) is 6.42 Å². The molecule has 0 spiro atoms. The Morgan fingerprint density at radius 1 is 1.44 bits per heavy atom. The smallest absolute Gasteiger partial charge is 0.486 e. The Hall–Kier alpha value is 1.22. The molecule has 1 aliphatic carbocycles. The molecular formula is C10H21BNO2VW-. The molecule has 3 atom stereocenters. The zero-order chi connectivity index (χ0) is 10.3. The van der Waals surface area contributed by atoms with Gasteiger partial charge in [-0.1, -0.05) is 12.5 Å². The molecule has 0 saturated heterocycles. The van der Waals surface area contributed by atoms with Gasteiger partial charge in [0.05, 0.1) is 0 Å². The molecule has 0 bridgehead atoms. The van der Waals surface area contributed by atoms with Crippen LogP contribution in [0.3, 0.4) is 0 Å². The Bertz CT molecular complexity index is 135. The van der Waals surface area contributed by atoms with Crippen LogP contribution in [-0.4, -0.2) is 34.8 Å². The second-order valence-corrected chi connectivity index (χ2v) is 3.01. The van der Waals surface area contributed by atoms with Crippen molar-refractivity contribution < 1.29 is 49.1 Å². The van der Waals surface area contributed by atoms with Crippen LogP contribution < -0.4 is 5.73 Å². The van der Waals surface area contributed by atoms with Crippen LogP contribution in [-0.2, 0) is 49.1 Å². The van der Waals surface area contributed by atoms with Crippen molar-refractivity contribution in [1.29, 1.82) is 0 Å². The summed E-state index contributed by atoms with van der Waals surface area (Å²) in [6.45, 7) is 0.739. The molecule has 0 unspecified atom stereocenters. The fraction of sp³-hybridized carbons (Fsp3) is 0.700. The van der Waals surface area contributed by atoms with Crippen molar-refractivity contribution in [2.75, 3.05) is 20.8 Å². The summed E-state index contributed by atoms with van der Waals surface area (Å²) in [5.74, 6) is 0.625. The number of nitrogens with two attached hydrogens (primary N) is 1. The molecule has 0 aromatic heterocycles. The summed E-state index contributed by atoms with van der Waals surface area (Å²) in [6.07, 6.45) is 3.21. The van der Waals surface area contributed by atoms with E-state index in [9.17, 15) is 0 Å². The first-order valence-corrected chi connectivity index (χ1v) is 4.31. The van der Waals surface area contributed by atoms with Gasteiger partial charge in [-0.3, -0.25) is 7.05 Å². The minimum Gasteiger partial charge on any atom is -0.486 e. The third-order valence-electron chi connectivity index (χ3n) is 2.13. The van der Waals surface area contributed by atoms with Crippen molar-refractivity contribution in [3.8, 4) is 0 Å². The molecule has 0 aromatic carbocycles. The van der Waals surface area contributed by atoms with Crippen molar-refractivity contribution >= 4 is 7.85 Å². The molecule has 6 heteroatoms. The van der Waals surface area contributed by atoms with E-state index in [-0.39, 0.29) is 59.0 Å². The van der Waals surface area contributed by atoms with Crippen LogP contribution in [0.2, 0.25) is 5.82 Å². The van der Waals surface area contributed by atoms with E-state index >= 15 is 0 Å². The number of methoxy groups -OCH3 is 2. The van der Waals surface area contributed by atoms with E-state index in [1.54, 1.807) is 14.2 Å². The summed E-state index contributed by atoms with van der Waals surface area (Å²) in [4.78, 5) is 0. The van der Waals surface area contributed by atoms with Crippen LogP contribution in [0.4, 0.5) is 0 Å². The Balaban J connectivity index is -0.000000136. The van der Waals surface area contributed by atoms with Gasteiger partial charge in [-0.15, -0.1) is 0 Å². The molecule has 1 rings (SSSR count). The van der Waals surface area contributed by atoms with Crippen LogP contribution in [0.25, 0.3) is 0 Å². The standard InChI is InChI=1S/C8H14BO2.CH4N.CH3.V.W/c1-10-5-6-3-7(9)4-8(6)11-2;1-2;;;/h4,6-8H,3,5H2,1-2H3;1-2H2;1H3;;/q3*-1;+2;/t6-,7-,8+;;;;/m1..../s1. The van der Waals surface area contributed by atoms with Gasteiger partial charge in [0.15, 0.2) is 0 Å². The van der Waals surface area contributed by atoms with Gasteiger partial charge in [0.1, 0.15) is 0 Å².